The molecular formula is C19H21N5O2. The highest BCUT2D eigenvalue weighted by atomic mass is 16.2. The fourth-order valence-corrected chi connectivity index (χ4v) is 4.00. The van der Waals surface area contributed by atoms with Gasteiger partial charge < -0.3 is 10.2 Å². The van der Waals surface area contributed by atoms with Gasteiger partial charge in [0.25, 0.3) is 5.91 Å². The zero-order valence-electron chi connectivity index (χ0n) is 14.5. The van der Waals surface area contributed by atoms with Crippen molar-refractivity contribution in [2.24, 2.45) is 11.3 Å². The second-order valence-corrected chi connectivity index (χ2v) is 7.08. The van der Waals surface area contributed by atoms with E-state index in [1.165, 1.54) is 12.4 Å². The summed E-state index contributed by atoms with van der Waals surface area (Å²) < 4.78 is 0. The normalized spacial score (nSPS) is 20.6. The van der Waals surface area contributed by atoms with Crippen molar-refractivity contribution in [3.8, 4) is 0 Å². The van der Waals surface area contributed by atoms with Gasteiger partial charge in [0.1, 0.15) is 5.69 Å². The minimum absolute atomic E-state index is 0.00444. The molecule has 3 heterocycles. The van der Waals surface area contributed by atoms with Crippen LogP contribution in [0, 0.1) is 11.3 Å². The fourth-order valence-electron chi connectivity index (χ4n) is 4.00. The molecule has 134 valence electrons. The van der Waals surface area contributed by atoms with E-state index in [2.05, 4.69) is 20.3 Å². The van der Waals surface area contributed by atoms with Gasteiger partial charge >= 0.3 is 0 Å². The van der Waals surface area contributed by atoms with Crippen LogP contribution in [0.2, 0.25) is 0 Å². The zero-order chi connectivity index (χ0) is 18.0. The van der Waals surface area contributed by atoms with Crippen LogP contribution in [0.4, 0.5) is 0 Å². The molecule has 4 rings (SSSR count). The molecule has 0 aromatic carbocycles. The molecular weight excluding hydrogens is 330 g/mol. The van der Waals surface area contributed by atoms with Crippen LogP contribution < -0.4 is 5.32 Å². The highest BCUT2D eigenvalue weighted by molar-refractivity contribution is 5.93. The number of aromatic nitrogens is 3. The van der Waals surface area contributed by atoms with Crippen LogP contribution >= 0.6 is 0 Å². The molecule has 1 saturated heterocycles. The van der Waals surface area contributed by atoms with Gasteiger partial charge in [0.15, 0.2) is 0 Å². The maximum Gasteiger partial charge on any atom is 0.274 e. The summed E-state index contributed by atoms with van der Waals surface area (Å²) in [5.41, 5.74) is 1.07. The smallest absolute Gasteiger partial charge is 0.274 e. The monoisotopic (exact) mass is 351 g/mol. The van der Waals surface area contributed by atoms with Crippen molar-refractivity contribution in [2.75, 3.05) is 13.1 Å². The number of hydrogen-bond acceptors (Lipinski definition) is 5. The van der Waals surface area contributed by atoms with Crippen LogP contribution in [-0.4, -0.2) is 44.8 Å². The van der Waals surface area contributed by atoms with Gasteiger partial charge in [-0.3, -0.25) is 19.6 Å². The molecule has 2 aliphatic rings. The molecule has 1 saturated carbocycles. The van der Waals surface area contributed by atoms with E-state index >= 15 is 0 Å². The maximum atomic E-state index is 12.8. The van der Waals surface area contributed by atoms with Crippen LogP contribution in [-0.2, 0) is 11.3 Å². The van der Waals surface area contributed by atoms with E-state index in [4.69, 9.17) is 0 Å². The Morgan fingerprint density at radius 2 is 2.08 bits per heavy atom. The van der Waals surface area contributed by atoms with Gasteiger partial charge in [-0.25, -0.2) is 4.98 Å². The summed E-state index contributed by atoms with van der Waals surface area (Å²) in [7, 11) is 0. The number of nitrogens with one attached hydrogen (secondary N) is 1. The molecule has 2 aromatic rings. The topological polar surface area (TPSA) is 88.1 Å². The Labute approximate surface area is 151 Å². The molecule has 0 radical (unpaired) electrons. The van der Waals surface area contributed by atoms with Crippen molar-refractivity contribution in [2.45, 2.75) is 25.8 Å². The standard InChI is InChI=1S/C19H21N5O2/c25-17(23-10-14-4-1-2-7-21-14)15-12-24(13-19(15)5-3-6-19)18(26)16-11-20-8-9-22-16/h1-2,4,7-9,11,15H,3,5-6,10,12-13H2,(H,23,25). The molecule has 7 heteroatoms. The predicted octanol–water partition coefficient (Wildman–Crippen LogP) is 1.43. The summed E-state index contributed by atoms with van der Waals surface area (Å²) in [5.74, 6) is -0.324. The van der Waals surface area contributed by atoms with E-state index in [9.17, 15) is 9.59 Å². The van der Waals surface area contributed by atoms with E-state index in [0.29, 0.717) is 25.3 Å². The summed E-state index contributed by atoms with van der Waals surface area (Å²) in [6.45, 7) is 1.46. The third-order valence-corrected chi connectivity index (χ3v) is 5.55. The second kappa shape index (κ2) is 6.82. The predicted molar refractivity (Wildman–Crippen MR) is 93.8 cm³/mol. The van der Waals surface area contributed by atoms with E-state index in [0.717, 1.165) is 25.0 Å². The quantitative estimate of drug-likeness (QED) is 0.900. The van der Waals surface area contributed by atoms with Gasteiger partial charge in [-0.15, -0.1) is 0 Å². The largest absolute Gasteiger partial charge is 0.350 e. The third-order valence-electron chi connectivity index (χ3n) is 5.55. The lowest BCUT2D eigenvalue weighted by atomic mass is 9.62. The highest BCUT2D eigenvalue weighted by Crippen LogP contribution is 2.51. The average Bonchev–Trinajstić information content (AvgIpc) is 3.08. The molecule has 1 aliphatic heterocycles. The van der Waals surface area contributed by atoms with Crippen LogP contribution in [0.1, 0.15) is 35.4 Å². The Kier molecular flexibility index (Phi) is 4.36. The van der Waals surface area contributed by atoms with Crippen molar-refractivity contribution < 1.29 is 9.59 Å². The molecule has 2 amide bonds. The lowest BCUT2D eigenvalue weighted by Gasteiger charge is -2.41. The van der Waals surface area contributed by atoms with Crippen molar-refractivity contribution in [3.63, 3.8) is 0 Å². The van der Waals surface area contributed by atoms with Crippen LogP contribution in [0.5, 0.6) is 0 Å². The number of rotatable bonds is 4. The Morgan fingerprint density at radius 1 is 1.19 bits per heavy atom. The van der Waals surface area contributed by atoms with Gasteiger partial charge in [0.05, 0.1) is 24.4 Å². The van der Waals surface area contributed by atoms with Gasteiger partial charge in [-0.05, 0) is 25.0 Å². The van der Waals surface area contributed by atoms with Crippen LogP contribution in [0.15, 0.2) is 43.0 Å². The van der Waals surface area contributed by atoms with E-state index < -0.39 is 0 Å². The lowest BCUT2D eigenvalue weighted by Crippen LogP contribution is -2.45. The third kappa shape index (κ3) is 3.05. The Hall–Kier alpha value is -2.83. The summed E-state index contributed by atoms with van der Waals surface area (Å²) >= 11 is 0. The summed E-state index contributed by atoms with van der Waals surface area (Å²) in [5, 5.41) is 3.00. The molecule has 1 unspecified atom stereocenters. The SMILES string of the molecule is O=C(NCc1ccccn1)C1CN(C(=O)c2cnccn2)CC12CCC2. The first kappa shape index (κ1) is 16.6. The molecule has 1 aliphatic carbocycles. The molecule has 26 heavy (non-hydrogen) atoms. The van der Waals surface area contributed by atoms with Crippen LogP contribution in [0.25, 0.3) is 0 Å². The number of carbonyl (C=O) groups excluding carboxylic acids is 2. The highest BCUT2D eigenvalue weighted by Gasteiger charge is 2.54. The molecule has 2 aromatic heterocycles. The second-order valence-electron chi connectivity index (χ2n) is 7.08. The molecule has 1 N–H and O–H groups in total. The Bertz CT molecular complexity index is 792. The Morgan fingerprint density at radius 3 is 2.73 bits per heavy atom. The first-order valence-electron chi connectivity index (χ1n) is 8.91. The summed E-state index contributed by atoms with van der Waals surface area (Å²) in [6, 6.07) is 5.64. The number of pyridine rings is 1. The van der Waals surface area contributed by atoms with Crippen LogP contribution in [0.3, 0.4) is 0 Å². The van der Waals surface area contributed by atoms with Crippen molar-refractivity contribution in [1.82, 2.24) is 25.2 Å². The number of nitrogens with zero attached hydrogens (tertiary/aromatic N) is 4. The van der Waals surface area contributed by atoms with Gasteiger partial charge in [-0.1, -0.05) is 12.5 Å². The molecule has 7 nitrogen and oxygen atoms in total. The molecule has 1 atom stereocenters. The minimum Gasteiger partial charge on any atom is -0.350 e. The zero-order valence-corrected chi connectivity index (χ0v) is 14.5. The van der Waals surface area contributed by atoms with E-state index in [1.807, 2.05) is 18.2 Å². The maximum absolute atomic E-state index is 12.8. The minimum atomic E-state index is -0.180. The van der Waals surface area contributed by atoms with Crippen molar-refractivity contribution in [1.29, 1.82) is 0 Å². The van der Waals surface area contributed by atoms with Gasteiger partial charge in [0.2, 0.25) is 5.91 Å². The van der Waals surface area contributed by atoms with Crippen molar-refractivity contribution >= 4 is 11.8 Å². The number of likely N-dealkylation sites (tertiary alicyclic amines) is 1. The first-order valence-corrected chi connectivity index (χ1v) is 8.91. The van der Waals surface area contributed by atoms with Gasteiger partial charge in [-0.2, -0.15) is 0 Å². The fraction of sp³-hybridized carbons (Fsp3) is 0.421. The number of carbonyl (C=O) groups is 2. The lowest BCUT2D eigenvalue weighted by molar-refractivity contribution is -0.129. The first-order chi connectivity index (χ1) is 12.7. The molecule has 2 fully saturated rings. The van der Waals surface area contributed by atoms with Gasteiger partial charge in [0, 0.05) is 37.1 Å². The molecule has 0 bridgehead atoms. The molecule has 1 spiro atoms. The van der Waals surface area contributed by atoms with E-state index in [-0.39, 0.29) is 23.1 Å². The summed E-state index contributed by atoms with van der Waals surface area (Å²) in [6.07, 6.45) is 9.33. The number of amides is 2. The Balaban J connectivity index is 1.45. The number of hydrogen-bond donors (Lipinski definition) is 1. The average molecular weight is 351 g/mol. The van der Waals surface area contributed by atoms with E-state index in [1.54, 1.807) is 17.3 Å². The summed E-state index contributed by atoms with van der Waals surface area (Å²) in [4.78, 5) is 39.6. The van der Waals surface area contributed by atoms with Crippen molar-refractivity contribution in [3.05, 3.63) is 54.4 Å².